The van der Waals surface area contributed by atoms with Crippen LogP contribution in [0.2, 0.25) is 0 Å². The summed E-state index contributed by atoms with van der Waals surface area (Å²) in [6.45, 7) is 2.14. The van der Waals surface area contributed by atoms with Gasteiger partial charge in [-0.1, -0.05) is 13.3 Å². The van der Waals surface area contributed by atoms with Gasteiger partial charge in [-0.3, -0.25) is 0 Å². The Bertz CT molecular complexity index is 238. The minimum absolute atomic E-state index is 0.265. The molecule has 0 saturated carbocycles. The summed E-state index contributed by atoms with van der Waals surface area (Å²) in [4.78, 5) is 0. The highest BCUT2D eigenvalue weighted by Crippen LogP contribution is 2.18. The first-order chi connectivity index (χ1) is 5.72. The molecule has 0 atom stereocenters. The molecule has 12 heavy (non-hydrogen) atoms. The van der Waals surface area contributed by atoms with Crippen LogP contribution in [0.25, 0.3) is 0 Å². The smallest absolute Gasteiger partial charge is 0.117 e. The zero-order valence-corrected chi connectivity index (χ0v) is 7.38. The van der Waals surface area contributed by atoms with E-state index in [9.17, 15) is 5.11 Å². The first-order valence-corrected chi connectivity index (χ1v) is 4.30. The topological polar surface area (TPSA) is 46.2 Å². The molecule has 1 aromatic rings. The zero-order valence-electron chi connectivity index (χ0n) is 7.38. The zero-order chi connectivity index (χ0) is 8.97. The lowest BCUT2D eigenvalue weighted by molar-refractivity contribution is 0.475. The van der Waals surface area contributed by atoms with Gasteiger partial charge >= 0.3 is 0 Å². The fourth-order valence-corrected chi connectivity index (χ4v) is 1.23. The standard InChI is InChI=1S/C10H15NO/c1-2-3-4-8-5-9(11)7-10(12)6-8/h5-7,12H,2-4,11H2,1H3. The van der Waals surface area contributed by atoms with E-state index in [2.05, 4.69) is 6.92 Å². The molecule has 2 heteroatoms. The van der Waals surface area contributed by atoms with Crippen LogP contribution < -0.4 is 5.73 Å². The maximum absolute atomic E-state index is 9.21. The molecule has 0 amide bonds. The molecule has 66 valence electrons. The molecule has 0 aromatic heterocycles. The lowest BCUT2D eigenvalue weighted by Gasteiger charge is -2.02. The summed E-state index contributed by atoms with van der Waals surface area (Å²) in [6, 6.07) is 5.25. The Morgan fingerprint density at radius 2 is 2.08 bits per heavy atom. The van der Waals surface area contributed by atoms with E-state index in [1.54, 1.807) is 12.1 Å². The summed E-state index contributed by atoms with van der Waals surface area (Å²) < 4.78 is 0. The molecule has 0 radical (unpaired) electrons. The van der Waals surface area contributed by atoms with Crippen LogP contribution in [-0.2, 0) is 6.42 Å². The second-order valence-electron chi connectivity index (χ2n) is 3.04. The number of aromatic hydroxyl groups is 1. The number of hydrogen-bond acceptors (Lipinski definition) is 2. The van der Waals surface area contributed by atoms with E-state index in [1.807, 2.05) is 6.07 Å². The predicted octanol–water partition coefficient (Wildman–Crippen LogP) is 2.32. The maximum atomic E-state index is 9.21. The van der Waals surface area contributed by atoms with Gasteiger partial charge in [0.05, 0.1) is 0 Å². The molecule has 0 unspecified atom stereocenters. The maximum Gasteiger partial charge on any atom is 0.117 e. The van der Waals surface area contributed by atoms with Crippen LogP contribution in [0.4, 0.5) is 5.69 Å². The number of aryl methyl sites for hydroxylation is 1. The van der Waals surface area contributed by atoms with Gasteiger partial charge in [0.1, 0.15) is 5.75 Å². The quantitative estimate of drug-likeness (QED) is 0.675. The predicted molar refractivity (Wildman–Crippen MR) is 51.1 cm³/mol. The summed E-state index contributed by atoms with van der Waals surface area (Å²) in [5.41, 5.74) is 7.33. The van der Waals surface area contributed by atoms with Gasteiger partial charge in [0.25, 0.3) is 0 Å². The molecule has 0 aliphatic carbocycles. The molecular formula is C10H15NO. The van der Waals surface area contributed by atoms with Crippen LogP contribution >= 0.6 is 0 Å². The molecule has 1 rings (SSSR count). The number of anilines is 1. The first kappa shape index (κ1) is 8.91. The second kappa shape index (κ2) is 4.00. The highest BCUT2D eigenvalue weighted by Gasteiger charge is 1.96. The fourth-order valence-electron chi connectivity index (χ4n) is 1.23. The largest absolute Gasteiger partial charge is 0.508 e. The second-order valence-corrected chi connectivity index (χ2v) is 3.04. The molecule has 0 heterocycles. The van der Waals surface area contributed by atoms with Crippen LogP contribution in [-0.4, -0.2) is 5.11 Å². The van der Waals surface area contributed by atoms with Gasteiger partial charge in [-0.05, 0) is 30.5 Å². The molecule has 0 aliphatic heterocycles. The Hall–Kier alpha value is -1.18. The van der Waals surface area contributed by atoms with E-state index < -0.39 is 0 Å². The van der Waals surface area contributed by atoms with E-state index >= 15 is 0 Å². The van der Waals surface area contributed by atoms with Crippen LogP contribution in [0.1, 0.15) is 25.3 Å². The molecule has 0 aliphatic rings. The SMILES string of the molecule is CCCCc1cc(N)cc(O)c1. The van der Waals surface area contributed by atoms with Gasteiger partial charge in [-0.25, -0.2) is 0 Å². The number of nitrogen functional groups attached to an aromatic ring is 1. The van der Waals surface area contributed by atoms with E-state index in [0.29, 0.717) is 5.69 Å². The number of phenolic OH excluding ortho intramolecular Hbond substituents is 1. The number of unbranched alkanes of at least 4 members (excludes halogenated alkanes) is 1. The van der Waals surface area contributed by atoms with Crippen molar-refractivity contribution < 1.29 is 5.11 Å². The van der Waals surface area contributed by atoms with Crippen molar-refractivity contribution in [1.29, 1.82) is 0 Å². The Labute approximate surface area is 73.0 Å². The molecule has 3 N–H and O–H groups in total. The summed E-state index contributed by atoms with van der Waals surface area (Å²) >= 11 is 0. The van der Waals surface area contributed by atoms with Crippen molar-refractivity contribution in [1.82, 2.24) is 0 Å². The molecular weight excluding hydrogens is 150 g/mol. The normalized spacial score (nSPS) is 10.1. The number of benzene rings is 1. The van der Waals surface area contributed by atoms with Crippen LogP contribution in [0.5, 0.6) is 5.75 Å². The minimum Gasteiger partial charge on any atom is -0.508 e. The van der Waals surface area contributed by atoms with Crippen molar-refractivity contribution in [3.05, 3.63) is 23.8 Å². The lowest BCUT2D eigenvalue weighted by atomic mass is 10.1. The average molecular weight is 165 g/mol. The van der Waals surface area contributed by atoms with E-state index in [-0.39, 0.29) is 5.75 Å². The third-order valence-corrected chi connectivity index (χ3v) is 1.82. The lowest BCUT2D eigenvalue weighted by Crippen LogP contribution is -1.89. The Morgan fingerprint density at radius 3 is 2.67 bits per heavy atom. The molecule has 1 aromatic carbocycles. The summed E-state index contributed by atoms with van der Waals surface area (Å²) in [6.07, 6.45) is 3.30. The Balaban J connectivity index is 2.72. The van der Waals surface area contributed by atoms with E-state index in [1.165, 1.54) is 0 Å². The van der Waals surface area contributed by atoms with Crippen LogP contribution in [0.3, 0.4) is 0 Å². The fraction of sp³-hybridized carbons (Fsp3) is 0.400. The van der Waals surface area contributed by atoms with Gasteiger partial charge in [-0.2, -0.15) is 0 Å². The van der Waals surface area contributed by atoms with Gasteiger partial charge < -0.3 is 10.8 Å². The van der Waals surface area contributed by atoms with Gasteiger partial charge in [0, 0.05) is 11.8 Å². The van der Waals surface area contributed by atoms with Crippen LogP contribution in [0.15, 0.2) is 18.2 Å². The summed E-state index contributed by atoms with van der Waals surface area (Å²) in [7, 11) is 0. The first-order valence-electron chi connectivity index (χ1n) is 4.30. The van der Waals surface area contributed by atoms with Crippen molar-refractivity contribution in [2.75, 3.05) is 5.73 Å². The summed E-state index contributed by atoms with van der Waals surface area (Å²) in [5.74, 6) is 0.265. The molecule has 0 saturated heterocycles. The highest BCUT2D eigenvalue weighted by atomic mass is 16.3. The Kier molecular flexibility index (Phi) is 2.97. The third-order valence-electron chi connectivity index (χ3n) is 1.82. The van der Waals surface area contributed by atoms with Crippen molar-refractivity contribution in [2.45, 2.75) is 26.2 Å². The van der Waals surface area contributed by atoms with Gasteiger partial charge in [0.2, 0.25) is 0 Å². The number of phenols is 1. The summed E-state index contributed by atoms with van der Waals surface area (Å²) in [5, 5.41) is 9.21. The minimum atomic E-state index is 0.265. The van der Waals surface area contributed by atoms with Gasteiger partial charge in [0.15, 0.2) is 0 Å². The monoisotopic (exact) mass is 165 g/mol. The van der Waals surface area contributed by atoms with Crippen molar-refractivity contribution >= 4 is 5.69 Å². The average Bonchev–Trinajstić information content (AvgIpc) is 1.99. The van der Waals surface area contributed by atoms with Crippen molar-refractivity contribution in [3.63, 3.8) is 0 Å². The molecule has 0 spiro atoms. The van der Waals surface area contributed by atoms with Crippen LogP contribution in [0, 0.1) is 0 Å². The molecule has 0 bridgehead atoms. The van der Waals surface area contributed by atoms with Crippen molar-refractivity contribution in [2.24, 2.45) is 0 Å². The number of rotatable bonds is 3. The molecule has 0 fully saturated rings. The Morgan fingerprint density at radius 1 is 1.33 bits per heavy atom. The van der Waals surface area contributed by atoms with E-state index in [0.717, 1.165) is 24.8 Å². The van der Waals surface area contributed by atoms with E-state index in [4.69, 9.17) is 5.73 Å². The highest BCUT2D eigenvalue weighted by molar-refractivity contribution is 5.46. The molecule has 2 nitrogen and oxygen atoms in total. The number of hydrogen-bond donors (Lipinski definition) is 2. The van der Waals surface area contributed by atoms with Crippen molar-refractivity contribution in [3.8, 4) is 5.75 Å². The number of nitrogens with two attached hydrogens (primary N) is 1. The third kappa shape index (κ3) is 2.46. The van der Waals surface area contributed by atoms with Gasteiger partial charge in [-0.15, -0.1) is 0 Å².